The molecule has 0 radical (unpaired) electrons. The molecule has 148 valence electrons. The third kappa shape index (κ3) is 4.66. The number of ether oxygens (including phenoxy) is 1. The maximum Gasteiger partial charge on any atom is 0.306 e. The monoisotopic (exact) mass is 396 g/mol. The number of morpholine rings is 1. The Morgan fingerprint density at radius 1 is 1.11 bits per heavy atom. The van der Waals surface area contributed by atoms with Crippen LogP contribution in [0.5, 0.6) is 0 Å². The lowest BCUT2D eigenvalue weighted by Crippen LogP contribution is -2.41. The first kappa shape index (κ1) is 19.8. The number of carboxylic acids is 1. The molecule has 1 aliphatic carbocycles. The molecule has 3 rings (SSSR count). The summed E-state index contributed by atoms with van der Waals surface area (Å²) in [7, 11) is -3.66. The van der Waals surface area contributed by atoms with Crippen molar-refractivity contribution in [3.63, 3.8) is 0 Å². The van der Waals surface area contributed by atoms with E-state index in [1.165, 1.54) is 16.4 Å². The third-order valence-electron chi connectivity index (χ3n) is 5.12. The number of sulfonamides is 1. The SMILES string of the molecule is O=C(NC1CCC(C(=O)O)CC1)c1cccc(S(=O)(=O)N2CCOCC2)c1. The lowest BCUT2D eigenvalue weighted by atomic mass is 9.86. The summed E-state index contributed by atoms with van der Waals surface area (Å²) in [5, 5.41) is 11.9. The van der Waals surface area contributed by atoms with Gasteiger partial charge in [-0.25, -0.2) is 8.42 Å². The Morgan fingerprint density at radius 3 is 2.41 bits per heavy atom. The first-order valence-electron chi connectivity index (χ1n) is 9.09. The van der Waals surface area contributed by atoms with E-state index >= 15 is 0 Å². The Balaban J connectivity index is 1.66. The van der Waals surface area contributed by atoms with Crippen molar-refractivity contribution in [2.24, 2.45) is 5.92 Å². The molecule has 0 aromatic heterocycles. The Labute approximate surface area is 158 Å². The predicted molar refractivity (Wildman–Crippen MR) is 96.9 cm³/mol. The minimum absolute atomic E-state index is 0.0895. The van der Waals surface area contributed by atoms with E-state index in [4.69, 9.17) is 9.84 Å². The number of nitrogens with one attached hydrogen (secondary N) is 1. The van der Waals surface area contributed by atoms with Crippen molar-refractivity contribution in [2.75, 3.05) is 26.3 Å². The smallest absolute Gasteiger partial charge is 0.306 e. The van der Waals surface area contributed by atoms with Gasteiger partial charge in [0.2, 0.25) is 10.0 Å². The Bertz CT molecular complexity index is 796. The van der Waals surface area contributed by atoms with E-state index in [9.17, 15) is 18.0 Å². The van der Waals surface area contributed by atoms with Crippen molar-refractivity contribution in [3.05, 3.63) is 29.8 Å². The maximum absolute atomic E-state index is 12.7. The first-order valence-corrected chi connectivity index (χ1v) is 10.5. The second kappa shape index (κ2) is 8.37. The second-order valence-corrected chi connectivity index (χ2v) is 8.84. The second-order valence-electron chi connectivity index (χ2n) is 6.90. The highest BCUT2D eigenvalue weighted by Gasteiger charge is 2.29. The average Bonchev–Trinajstić information content (AvgIpc) is 2.69. The van der Waals surface area contributed by atoms with Crippen LogP contribution in [0.3, 0.4) is 0 Å². The highest BCUT2D eigenvalue weighted by Crippen LogP contribution is 2.25. The van der Waals surface area contributed by atoms with E-state index in [1.807, 2.05) is 0 Å². The molecule has 1 heterocycles. The number of carboxylic acid groups (broad SMARTS) is 1. The molecule has 8 nitrogen and oxygen atoms in total. The molecule has 0 unspecified atom stereocenters. The summed E-state index contributed by atoms with van der Waals surface area (Å²) in [6.45, 7) is 1.31. The van der Waals surface area contributed by atoms with E-state index in [1.54, 1.807) is 12.1 Å². The zero-order valence-corrected chi connectivity index (χ0v) is 15.8. The standard InChI is InChI=1S/C18H24N2O6S/c21-17(19-15-6-4-13(5-7-15)18(22)23)14-2-1-3-16(12-14)27(24,25)20-8-10-26-11-9-20/h1-3,12-13,15H,4-11H2,(H,19,21)(H,22,23). The average molecular weight is 396 g/mol. The van der Waals surface area contributed by atoms with Crippen molar-refractivity contribution in [1.29, 1.82) is 0 Å². The van der Waals surface area contributed by atoms with Gasteiger partial charge in [-0.3, -0.25) is 9.59 Å². The molecule has 2 N–H and O–H groups in total. The molecular weight excluding hydrogens is 372 g/mol. The number of hydrogen-bond acceptors (Lipinski definition) is 5. The van der Waals surface area contributed by atoms with E-state index in [-0.39, 0.29) is 28.3 Å². The molecule has 2 fully saturated rings. The van der Waals surface area contributed by atoms with Gasteiger partial charge in [0.25, 0.3) is 5.91 Å². The van der Waals surface area contributed by atoms with E-state index in [2.05, 4.69) is 5.32 Å². The molecule has 1 aliphatic heterocycles. The van der Waals surface area contributed by atoms with Gasteiger partial charge in [0.15, 0.2) is 0 Å². The molecule has 2 aliphatic rings. The topological polar surface area (TPSA) is 113 Å². The zero-order chi connectivity index (χ0) is 19.4. The maximum atomic E-state index is 12.7. The number of carbonyl (C=O) groups is 2. The number of hydrogen-bond donors (Lipinski definition) is 2. The van der Waals surface area contributed by atoms with Gasteiger partial charge in [-0.05, 0) is 43.9 Å². The number of carbonyl (C=O) groups excluding carboxylic acids is 1. The third-order valence-corrected chi connectivity index (χ3v) is 7.01. The highest BCUT2D eigenvalue weighted by molar-refractivity contribution is 7.89. The van der Waals surface area contributed by atoms with Gasteiger partial charge in [0.05, 0.1) is 24.0 Å². The summed E-state index contributed by atoms with van der Waals surface area (Å²) >= 11 is 0. The highest BCUT2D eigenvalue weighted by atomic mass is 32.2. The van der Waals surface area contributed by atoms with Crippen LogP contribution in [0, 0.1) is 5.92 Å². The van der Waals surface area contributed by atoms with Gasteiger partial charge in [-0.2, -0.15) is 4.31 Å². The van der Waals surface area contributed by atoms with Crippen LogP contribution in [-0.2, 0) is 19.6 Å². The van der Waals surface area contributed by atoms with Crippen LogP contribution >= 0.6 is 0 Å². The Hall–Kier alpha value is -1.97. The molecule has 1 saturated heterocycles. The Kier molecular flexibility index (Phi) is 6.13. The van der Waals surface area contributed by atoms with Crippen molar-refractivity contribution < 1.29 is 27.9 Å². The number of rotatable bonds is 5. The van der Waals surface area contributed by atoms with E-state index in [0.29, 0.717) is 52.0 Å². The van der Waals surface area contributed by atoms with Crippen LogP contribution in [0.1, 0.15) is 36.0 Å². The minimum Gasteiger partial charge on any atom is -0.481 e. The number of aliphatic carboxylic acids is 1. The summed E-state index contributed by atoms with van der Waals surface area (Å²) in [4.78, 5) is 23.6. The molecule has 9 heteroatoms. The zero-order valence-electron chi connectivity index (χ0n) is 15.0. The summed E-state index contributed by atoms with van der Waals surface area (Å²) < 4.78 is 32.0. The fourth-order valence-electron chi connectivity index (χ4n) is 3.49. The quantitative estimate of drug-likeness (QED) is 0.770. The predicted octanol–water partition coefficient (Wildman–Crippen LogP) is 1.08. The van der Waals surface area contributed by atoms with E-state index in [0.717, 1.165) is 0 Å². The molecular formula is C18H24N2O6S. The van der Waals surface area contributed by atoms with Gasteiger partial charge in [0, 0.05) is 24.7 Å². The molecule has 0 bridgehead atoms. The molecule has 1 aromatic carbocycles. The van der Waals surface area contributed by atoms with Crippen molar-refractivity contribution in [2.45, 2.75) is 36.6 Å². The van der Waals surface area contributed by atoms with Crippen LogP contribution in [0.2, 0.25) is 0 Å². The first-order chi connectivity index (χ1) is 12.9. The molecule has 1 aromatic rings. The van der Waals surface area contributed by atoms with Crippen LogP contribution in [-0.4, -0.2) is 62.1 Å². The summed E-state index contributed by atoms with van der Waals surface area (Å²) in [6, 6.07) is 5.93. The number of benzene rings is 1. The van der Waals surface area contributed by atoms with Crippen LogP contribution in [0.25, 0.3) is 0 Å². The molecule has 1 amide bonds. The number of amides is 1. The fourth-order valence-corrected chi connectivity index (χ4v) is 4.94. The lowest BCUT2D eigenvalue weighted by molar-refractivity contribution is -0.142. The van der Waals surface area contributed by atoms with Crippen LogP contribution in [0.15, 0.2) is 29.2 Å². The van der Waals surface area contributed by atoms with Gasteiger partial charge < -0.3 is 15.2 Å². The van der Waals surface area contributed by atoms with Crippen LogP contribution in [0.4, 0.5) is 0 Å². The van der Waals surface area contributed by atoms with Gasteiger partial charge in [-0.1, -0.05) is 6.07 Å². The summed E-state index contributed by atoms with van der Waals surface area (Å²) in [5.74, 6) is -1.48. The lowest BCUT2D eigenvalue weighted by Gasteiger charge is -2.27. The summed E-state index contributed by atoms with van der Waals surface area (Å²) in [5.41, 5.74) is 0.282. The molecule has 0 atom stereocenters. The van der Waals surface area contributed by atoms with Crippen LogP contribution < -0.4 is 5.32 Å². The molecule has 0 spiro atoms. The van der Waals surface area contributed by atoms with Gasteiger partial charge in [-0.15, -0.1) is 0 Å². The van der Waals surface area contributed by atoms with Gasteiger partial charge >= 0.3 is 5.97 Å². The normalized spacial score (nSPS) is 24.3. The molecule has 27 heavy (non-hydrogen) atoms. The van der Waals surface area contributed by atoms with E-state index < -0.39 is 16.0 Å². The largest absolute Gasteiger partial charge is 0.481 e. The Morgan fingerprint density at radius 2 is 1.78 bits per heavy atom. The van der Waals surface area contributed by atoms with Crippen molar-refractivity contribution >= 4 is 21.9 Å². The van der Waals surface area contributed by atoms with Crippen molar-refractivity contribution in [1.82, 2.24) is 9.62 Å². The minimum atomic E-state index is -3.66. The van der Waals surface area contributed by atoms with Crippen molar-refractivity contribution in [3.8, 4) is 0 Å². The summed E-state index contributed by atoms with van der Waals surface area (Å²) in [6.07, 6.45) is 2.28. The molecule has 1 saturated carbocycles. The van der Waals surface area contributed by atoms with Gasteiger partial charge in [0.1, 0.15) is 0 Å². The fraction of sp³-hybridized carbons (Fsp3) is 0.556. The number of nitrogens with zero attached hydrogens (tertiary/aromatic N) is 1.